The highest BCUT2D eigenvalue weighted by molar-refractivity contribution is 5.98. The molecule has 0 saturated carbocycles. The average Bonchev–Trinajstić information content (AvgIpc) is 2.54. The summed E-state index contributed by atoms with van der Waals surface area (Å²) in [4.78, 5) is 36.4. The highest BCUT2D eigenvalue weighted by Gasteiger charge is 2.36. The first kappa shape index (κ1) is 20.7. The predicted octanol–water partition coefficient (Wildman–Crippen LogP) is 1.79. The first-order valence-corrected chi connectivity index (χ1v) is 9.26. The van der Waals surface area contributed by atoms with Gasteiger partial charge in [-0.3, -0.25) is 9.59 Å². The number of benzene rings is 1. The summed E-state index contributed by atoms with van der Waals surface area (Å²) in [5.41, 5.74) is 4.75. The van der Waals surface area contributed by atoms with Gasteiger partial charge in [0, 0.05) is 25.0 Å². The minimum Gasteiger partial charge on any atom is -0.484 e. The molecule has 1 fully saturated rings. The van der Waals surface area contributed by atoms with Crippen LogP contribution in [0.15, 0.2) is 12.1 Å². The maximum Gasteiger partial charge on any atom is 0.410 e. The molecule has 10 heteroatoms. The topological polar surface area (TPSA) is 120 Å². The van der Waals surface area contributed by atoms with Crippen molar-refractivity contribution in [2.75, 3.05) is 18.4 Å². The third-order valence-electron chi connectivity index (χ3n) is 4.30. The second-order valence-electron chi connectivity index (χ2n) is 8.00. The number of halogens is 1. The zero-order valence-corrected chi connectivity index (χ0v) is 16.5. The number of carbonyl (C=O) groups excluding carboxylic acids is 3. The van der Waals surface area contributed by atoms with Crippen LogP contribution in [0.2, 0.25) is 0 Å². The van der Waals surface area contributed by atoms with Gasteiger partial charge >= 0.3 is 6.09 Å². The Morgan fingerprint density at radius 1 is 1.34 bits per heavy atom. The van der Waals surface area contributed by atoms with Crippen LogP contribution < -0.4 is 20.5 Å². The molecule has 158 valence electrons. The zero-order valence-electron chi connectivity index (χ0n) is 16.5. The Morgan fingerprint density at radius 2 is 2.03 bits per heavy atom. The predicted molar refractivity (Wildman–Crippen MR) is 100 cm³/mol. The van der Waals surface area contributed by atoms with E-state index in [9.17, 15) is 18.8 Å². The first-order valence-electron chi connectivity index (χ1n) is 9.26. The molecule has 0 unspecified atom stereocenters. The van der Waals surface area contributed by atoms with Crippen LogP contribution in [0.3, 0.4) is 0 Å². The maximum absolute atomic E-state index is 14.4. The van der Waals surface area contributed by atoms with Gasteiger partial charge < -0.3 is 30.2 Å². The van der Waals surface area contributed by atoms with Gasteiger partial charge in [0.1, 0.15) is 17.5 Å². The van der Waals surface area contributed by atoms with Gasteiger partial charge in [-0.1, -0.05) is 0 Å². The summed E-state index contributed by atoms with van der Waals surface area (Å²) in [5, 5.41) is 2.62. The number of nitrogens with two attached hydrogens (primary N) is 1. The van der Waals surface area contributed by atoms with E-state index in [-0.39, 0.29) is 43.1 Å². The van der Waals surface area contributed by atoms with Crippen LogP contribution in [0.5, 0.6) is 11.5 Å². The van der Waals surface area contributed by atoms with Crippen molar-refractivity contribution in [2.24, 2.45) is 5.73 Å². The summed E-state index contributed by atoms with van der Waals surface area (Å²) >= 11 is 0. The number of anilines is 1. The highest BCUT2D eigenvalue weighted by atomic mass is 19.1. The molecule has 2 aliphatic heterocycles. The summed E-state index contributed by atoms with van der Waals surface area (Å²) in [5.74, 6) is -1.58. The molecule has 2 heterocycles. The third kappa shape index (κ3) is 5.07. The van der Waals surface area contributed by atoms with E-state index in [0.717, 1.165) is 6.07 Å². The van der Waals surface area contributed by atoms with Gasteiger partial charge in [-0.25, -0.2) is 9.18 Å². The Balaban J connectivity index is 1.60. The summed E-state index contributed by atoms with van der Waals surface area (Å²) < 4.78 is 30.8. The minimum atomic E-state index is -0.921. The van der Waals surface area contributed by atoms with Crippen molar-refractivity contribution in [2.45, 2.75) is 51.4 Å². The van der Waals surface area contributed by atoms with Gasteiger partial charge in [0.15, 0.2) is 17.7 Å². The monoisotopic (exact) mass is 409 g/mol. The number of hydrogen-bond acceptors (Lipinski definition) is 6. The smallest absolute Gasteiger partial charge is 0.410 e. The molecular weight excluding hydrogens is 385 g/mol. The minimum absolute atomic E-state index is 0.0209. The lowest BCUT2D eigenvalue weighted by Crippen LogP contribution is -2.57. The molecule has 9 nitrogen and oxygen atoms in total. The fourth-order valence-electron chi connectivity index (χ4n) is 2.87. The molecule has 1 atom stereocenters. The van der Waals surface area contributed by atoms with Crippen molar-refractivity contribution in [3.05, 3.63) is 17.9 Å². The van der Waals surface area contributed by atoms with E-state index in [1.165, 1.54) is 11.0 Å². The van der Waals surface area contributed by atoms with E-state index >= 15 is 0 Å². The van der Waals surface area contributed by atoms with Crippen LogP contribution in [-0.2, 0) is 14.3 Å². The van der Waals surface area contributed by atoms with Crippen LogP contribution in [0.1, 0.15) is 33.6 Å². The molecule has 1 aromatic rings. The number of fused-ring (bicyclic) bond motifs is 1. The van der Waals surface area contributed by atoms with E-state index in [4.69, 9.17) is 19.9 Å². The van der Waals surface area contributed by atoms with E-state index in [2.05, 4.69) is 5.32 Å². The number of carbonyl (C=O) groups is 3. The summed E-state index contributed by atoms with van der Waals surface area (Å²) in [7, 11) is 0. The van der Waals surface area contributed by atoms with Crippen molar-refractivity contribution < 1.29 is 33.0 Å². The highest BCUT2D eigenvalue weighted by Crippen LogP contribution is 2.37. The summed E-state index contributed by atoms with van der Waals surface area (Å²) in [6.07, 6.45) is -1.68. The molecule has 3 N–H and O–H groups in total. The second kappa shape index (κ2) is 7.76. The van der Waals surface area contributed by atoms with Gasteiger partial charge in [-0.05, 0) is 20.8 Å². The first-order chi connectivity index (χ1) is 13.5. The zero-order chi connectivity index (χ0) is 21.3. The number of likely N-dealkylation sites (tertiary alicyclic amines) is 1. The second-order valence-corrected chi connectivity index (χ2v) is 8.00. The Labute approximate surface area is 167 Å². The Kier molecular flexibility index (Phi) is 5.54. The molecule has 2 aliphatic rings. The van der Waals surface area contributed by atoms with E-state index < -0.39 is 41.5 Å². The number of ether oxygens (including phenoxy) is 3. The van der Waals surface area contributed by atoms with Gasteiger partial charge in [0.25, 0.3) is 5.91 Å². The fraction of sp³-hybridized carbons (Fsp3) is 0.526. The lowest BCUT2D eigenvalue weighted by atomic mass is 10.1. The number of amides is 3. The number of hydrogen-bond donors (Lipinski definition) is 2. The van der Waals surface area contributed by atoms with E-state index in [1.54, 1.807) is 20.8 Å². The number of nitrogens with zero attached hydrogens (tertiary/aromatic N) is 1. The Bertz CT molecular complexity index is 832. The van der Waals surface area contributed by atoms with Crippen LogP contribution in [0, 0.1) is 5.82 Å². The molecule has 0 aromatic heterocycles. The molecule has 3 amide bonds. The molecule has 0 aliphatic carbocycles. The van der Waals surface area contributed by atoms with Crippen LogP contribution in [-0.4, -0.2) is 53.7 Å². The molecule has 0 bridgehead atoms. The van der Waals surface area contributed by atoms with Crippen LogP contribution >= 0.6 is 0 Å². The van der Waals surface area contributed by atoms with Crippen LogP contribution in [0.4, 0.5) is 14.9 Å². The van der Waals surface area contributed by atoms with E-state index in [0.29, 0.717) is 0 Å². The van der Waals surface area contributed by atoms with Gasteiger partial charge in [-0.2, -0.15) is 0 Å². The SMILES string of the molecule is CC(C)(C)OC(=O)N1CC(Oc2cc3c(cc2F)O[C@H](CCC(N)=O)C(=O)N3)C1. The molecule has 29 heavy (non-hydrogen) atoms. The van der Waals surface area contributed by atoms with Crippen molar-refractivity contribution in [3.63, 3.8) is 0 Å². The maximum atomic E-state index is 14.4. The van der Waals surface area contributed by atoms with Gasteiger partial charge in [0.2, 0.25) is 5.91 Å². The number of nitrogens with one attached hydrogen (secondary N) is 1. The Hall–Kier alpha value is -3.04. The normalized spacial score (nSPS) is 18.8. The molecule has 3 rings (SSSR count). The fourth-order valence-corrected chi connectivity index (χ4v) is 2.87. The summed E-state index contributed by atoms with van der Waals surface area (Å²) in [6.45, 7) is 5.86. The molecule has 1 aromatic carbocycles. The number of primary amides is 1. The molecular formula is C19H24FN3O6. The quantitative estimate of drug-likeness (QED) is 0.765. The lowest BCUT2D eigenvalue weighted by molar-refractivity contribution is -0.124. The third-order valence-corrected chi connectivity index (χ3v) is 4.30. The van der Waals surface area contributed by atoms with Gasteiger partial charge in [-0.15, -0.1) is 0 Å². The number of rotatable bonds is 5. The van der Waals surface area contributed by atoms with Crippen molar-refractivity contribution >= 4 is 23.6 Å². The Morgan fingerprint density at radius 3 is 2.66 bits per heavy atom. The van der Waals surface area contributed by atoms with Gasteiger partial charge in [0.05, 0.1) is 18.8 Å². The summed E-state index contributed by atoms with van der Waals surface area (Å²) in [6, 6.07) is 2.45. The lowest BCUT2D eigenvalue weighted by Gasteiger charge is -2.39. The molecule has 0 spiro atoms. The van der Waals surface area contributed by atoms with E-state index in [1.807, 2.05) is 0 Å². The van der Waals surface area contributed by atoms with Crippen molar-refractivity contribution in [1.82, 2.24) is 4.90 Å². The van der Waals surface area contributed by atoms with Crippen LogP contribution in [0.25, 0.3) is 0 Å². The van der Waals surface area contributed by atoms with Crippen molar-refractivity contribution in [3.8, 4) is 11.5 Å². The largest absolute Gasteiger partial charge is 0.484 e. The van der Waals surface area contributed by atoms with Crippen molar-refractivity contribution in [1.29, 1.82) is 0 Å². The standard InChI is InChI=1S/C19H24FN3O6/c1-19(2,3)29-18(26)23-8-10(9-23)27-14-7-12-15(6-11(14)20)28-13(17(25)22-12)4-5-16(21)24/h6-7,10,13H,4-5,8-9H2,1-3H3,(H2,21,24)(H,22,25)/t13-/m1/s1. The average molecular weight is 409 g/mol. The molecule has 0 radical (unpaired) electrons. The molecule has 1 saturated heterocycles.